The average molecular weight is 255 g/mol. The smallest absolute Gasteiger partial charge is 0.387 e. The van der Waals surface area contributed by atoms with E-state index in [9.17, 15) is 8.78 Å². The maximum atomic E-state index is 12.3. The number of rotatable bonds is 6. The first-order valence-electron chi connectivity index (χ1n) is 6.35. The number of nitrogens with one attached hydrogen (secondary N) is 1. The first-order chi connectivity index (χ1) is 8.58. The van der Waals surface area contributed by atoms with Crippen LogP contribution in [0.4, 0.5) is 8.78 Å². The van der Waals surface area contributed by atoms with Crippen LogP contribution in [0, 0.1) is 5.92 Å². The largest absolute Gasteiger partial charge is 0.435 e. The topological polar surface area (TPSA) is 21.3 Å². The SMILES string of the molecule is CC(C)NCC1CC1c1ccccc1OC(F)F. The highest BCUT2D eigenvalue weighted by Crippen LogP contribution is 2.50. The zero-order valence-corrected chi connectivity index (χ0v) is 10.7. The summed E-state index contributed by atoms with van der Waals surface area (Å²) < 4.78 is 29.2. The monoisotopic (exact) mass is 255 g/mol. The van der Waals surface area contributed by atoms with Crippen molar-refractivity contribution in [2.24, 2.45) is 5.92 Å². The summed E-state index contributed by atoms with van der Waals surface area (Å²) in [5.74, 6) is 1.21. The predicted molar refractivity (Wildman–Crippen MR) is 67.1 cm³/mol. The molecule has 2 rings (SSSR count). The molecule has 0 amide bonds. The maximum absolute atomic E-state index is 12.3. The molecule has 0 spiro atoms. The van der Waals surface area contributed by atoms with E-state index in [0.717, 1.165) is 18.5 Å². The van der Waals surface area contributed by atoms with E-state index in [-0.39, 0.29) is 0 Å². The van der Waals surface area contributed by atoms with E-state index in [4.69, 9.17) is 0 Å². The van der Waals surface area contributed by atoms with Crippen molar-refractivity contribution >= 4 is 0 Å². The van der Waals surface area contributed by atoms with Gasteiger partial charge in [0.05, 0.1) is 0 Å². The fourth-order valence-corrected chi connectivity index (χ4v) is 2.23. The molecule has 2 atom stereocenters. The lowest BCUT2D eigenvalue weighted by Crippen LogP contribution is -2.25. The maximum Gasteiger partial charge on any atom is 0.387 e. The van der Waals surface area contributed by atoms with Gasteiger partial charge < -0.3 is 10.1 Å². The molecule has 1 N–H and O–H groups in total. The Kier molecular flexibility index (Phi) is 4.17. The van der Waals surface area contributed by atoms with Crippen molar-refractivity contribution in [2.45, 2.75) is 38.8 Å². The Hall–Kier alpha value is -1.16. The van der Waals surface area contributed by atoms with Gasteiger partial charge in [-0.05, 0) is 36.4 Å². The number of hydrogen-bond donors (Lipinski definition) is 1. The normalized spacial score (nSPS) is 22.6. The third-order valence-corrected chi connectivity index (χ3v) is 3.25. The second-order valence-corrected chi connectivity index (χ2v) is 5.08. The van der Waals surface area contributed by atoms with Gasteiger partial charge in [0.25, 0.3) is 0 Å². The van der Waals surface area contributed by atoms with Crippen molar-refractivity contribution in [3.8, 4) is 5.75 Å². The van der Waals surface area contributed by atoms with Crippen LogP contribution in [-0.2, 0) is 0 Å². The Morgan fingerprint density at radius 3 is 2.72 bits per heavy atom. The molecule has 1 aliphatic rings. The summed E-state index contributed by atoms with van der Waals surface area (Å²) in [5.41, 5.74) is 0.911. The summed E-state index contributed by atoms with van der Waals surface area (Å²) >= 11 is 0. The summed E-state index contributed by atoms with van der Waals surface area (Å²) in [4.78, 5) is 0. The van der Waals surface area contributed by atoms with Gasteiger partial charge in [0.1, 0.15) is 5.75 Å². The molecule has 1 aromatic rings. The van der Waals surface area contributed by atoms with E-state index in [0.29, 0.717) is 23.6 Å². The average Bonchev–Trinajstić information content (AvgIpc) is 3.05. The molecule has 100 valence electrons. The molecule has 0 bridgehead atoms. The second kappa shape index (κ2) is 5.65. The van der Waals surface area contributed by atoms with E-state index in [1.54, 1.807) is 12.1 Å². The van der Waals surface area contributed by atoms with Gasteiger partial charge in [0.2, 0.25) is 0 Å². The number of para-hydroxylation sites is 1. The van der Waals surface area contributed by atoms with Crippen LogP contribution in [0.2, 0.25) is 0 Å². The fourth-order valence-electron chi connectivity index (χ4n) is 2.23. The summed E-state index contributed by atoms with van der Waals surface area (Å²) in [6.45, 7) is 2.39. The van der Waals surface area contributed by atoms with Crippen molar-refractivity contribution in [1.82, 2.24) is 5.32 Å². The summed E-state index contributed by atoms with van der Waals surface area (Å²) in [5, 5.41) is 3.38. The lowest BCUT2D eigenvalue weighted by atomic mass is 10.1. The van der Waals surface area contributed by atoms with Crippen molar-refractivity contribution in [3.05, 3.63) is 29.8 Å². The van der Waals surface area contributed by atoms with Gasteiger partial charge >= 0.3 is 6.61 Å². The minimum Gasteiger partial charge on any atom is -0.435 e. The lowest BCUT2D eigenvalue weighted by Gasteiger charge is -2.11. The van der Waals surface area contributed by atoms with Crippen molar-refractivity contribution in [1.29, 1.82) is 0 Å². The molecule has 0 saturated heterocycles. The second-order valence-electron chi connectivity index (χ2n) is 5.08. The molecule has 0 heterocycles. The van der Waals surface area contributed by atoms with E-state index in [1.807, 2.05) is 12.1 Å². The third-order valence-electron chi connectivity index (χ3n) is 3.25. The van der Waals surface area contributed by atoms with Crippen LogP contribution in [0.15, 0.2) is 24.3 Å². The molecule has 2 nitrogen and oxygen atoms in total. The molecule has 0 aliphatic heterocycles. The van der Waals surface area contributed by atoms with Gasteiger partial charge in [-0.3, -0.25) is 0 Å². The Bertz CT molecular complexity index is 395. The third kappa shape index (κ3) is 3.42. The minimum atomic E-state index is -2.75. The molecular weight excluding hydrogens is 236 g/mol. The van der Waals surface area contributed by atoms with Crippen LogP contribution in [0.3, 0.4) is 0 Å². The molecule has 1 aromatic carbocycles. The standard InChI is InChI=1S/C14H19F2NO/c1-9(2)17-8-10-7-12(10)11-5-3-4-6-13(11)18-14(15)16/h3-6,9-10,12,14,17H,7-8H2,1-2H3. The van der Waals surface area contributed by atoms with Gasteiger partial charge in [-0.1, -0.05) is 32.0 Å². The van der Waals surface area contributed by atoms with E-state index < -0.39 is 6.61 Å². The molecule has 0 radical (unpaired) electrons. The summed E-state index contributed by atoms with van der Waals surface area (Å²) in [6.07, 6.45) is 1.04. The van der Waals surface area contributed by atoms with E-state index in [2.05, 4.69) is 23.9 Å². The lowest BCUT2D eigenvalue weighted by molar-refractivity contribution is -0.0504. The van der Waals surface area contributed by atoms with Crippen molar-refractivity contribution in [3.63, 3.8) is 0 Å². The first kappa shape index (κ1) is 13.3. The first-order valence-corrected chi connectivity index (χ1v) is 6.35. The number of alkyl halides is 2. The molecular formula is C14H19F2NO. The van der Waals surface area contributed by atoms with Crippen molar-refractivity contribution < 1.29 is 13.5 Å². The number of hydrogen-bond acceptors (Lipinski definition) is 2. The van der Waals surface area contributed by atoms with Crippen LogP contribution >= 0.6 is 0 Å². The highest BCUT2D eigenvalue weighted by atomic mass is 19.3. The Labute approximate surface area is 106 Å². The van der Waals surface area contributed by atoms with Crippen molar-refractivity contribution in [2.75, 3.05) is 6.54 Å². The van der Waals surface area contributed by atoms with Crippen LogP contribution < -0.4 is 10.1 Å². The van der Waals surface area contributed by atoms with Gasteiger partial charge in [-0.2, -0.15) is 8.78 Å². The van der Waals surface area contributed by atoms with Gasteiger partial charge in [-0.25, -0.2) is 0 Å². The Morgan fingerprint density at radius 1 is 1.33 bits per heavy atom. The minimum absolute atomic E-state index is 0.324. The zero-order valence-electron chi connectivity index (χ0n) is 10.7. The quantitative estimate of drug-likeness (QED) is 0.841. The Balaban J connectivity index is 1.98. The number of benzene rings is 1. The number of halogens is 2. The molecule has 2 unspecified atom stereocenters. The molecule has 0 aromatic heterocycles. The van der Waals surface area contributed by atoms with Crippen LogP contribution in [0.5, 0.6) is 5.75 Å². The zero-order chi connectivity index (χ0) is 13.1. The molecule has 18 heavy (non-hydrogen) atoms. The molecule has 1 fully saturated rings. The number of ether oxygens (including phenoxy) is 1. The van der Waals surface area contributed by atoms with E-state index in [1.165, 1.54) is 0 Å². The Morgan fingerprint density at radius 2 is 2.06 bits per heavy atom. The predicted octanol–water partition coefficient (Wildman–Crippen LogP) is 3.39. The van der Waals surface area contributed by atoms with Crippen LogP contribution in [0.25, 0.3) is 0 Å². The van der Waals surface area contributed by atoms with Gasteiger partial charge in [0.15, 0.2) is 0 Å². The fraction of sp³-hybridized carbons (Fsp3) is 0.571. The molecule has 1 aliphatic carbocycles. The molecule has 1 saturated carbocycles. The summed E-state index contributed by atoms with van der Waals surface area (Å²) in [7, 11) is 0. The van der Waals surface area contributed by atoms with Crippen LogP contribution in [-0.4, -0.2) is 19.2 Å². The van der Waals surface area contributed by atoms with E-state index >= 15 is 0 Å². The van der Waals surface area contributed by atoms with Gasteiger partial charge in [-0.15, -0.1) is 0 Å². The van der Waals surface area contributed by atoms with Crippen LogP contribution in [0.1, 0.15) is 31.7 Å². The van der Waals surface area contributed by atoms with Gasteiger partial charge in [0, 0.05) is 6.04 Å². The summed E-state index contributed by atoms with van der Waals surface area (Å²) in [6, 6.07) is 7.56. The highest BCUT2D eigenvalue weighted by molar-refractivity contribution is 5.39. The highest BCUT2D eigenvalue weighted by Gasteiger charge is 2.39. The molecule has 4 heteroatoms.